The maximum absolute atomic E-state index is 8.71. The van der Waals surface area contributed by atoms with Crippen LogP contribution in [0.2, 0.25) is 5.02 Å². The molecule has 0 bridgehead atoms. The minimum Gasteiger partial charge on any atom is -0.395 e. The third-order valence-electron chi connectivity index (χ3n) is 2.93. The topological polar surface area (TPSA) is 63.0 Å². The van der Waals surface area contributed by atoms with E-state index in [2.05, 4.69) is 27.0 Å². The molecule has 0 radical (unpaired) electrons. The Morgan fingerprint density at radius 1 is 1.24 bits per heavy atom. The minimum absolute atomic E-state index is 0.163. The SMILES string of the molecule is CCn1c(SCCNCCO)nnc1-c1ccc(Cl)cc1. The van der Waals surface area contributed by atoms with Crippen LogP contribution >= 0.6 is 23.4 Å². The van der Waals surface area contributed by atoms with Gasteiger partial charge in [-0.3, -0.25) is 0 Å². The van der Waals surface area contributed by atoms with Gasteiger partial charge < -0.3 is 15.0 Å². The molecule has 0 aliphatic rings. The fraction of sp³-hybridized carbons (Fsp3) is 0.429. The quantitative estimate of drug-likeness (QED) is 0.575. The monoisotopic (exact) mass is 326 g/mol. The summed E-state index contributed by atoms with van der Waals surface area (Å²) < 4.78 is 2.10. The number of aliphatic hydroxyl groups excluding tert-OH is 1. The lowest BCUT2D eigenvalue weighted by molar-refractivity contribution is 0.294. The number of halogens is 1. The maximum Gasteiger partial charge on any atom is 0.191 e. The van der Waals surface area contributed by atoms with Crippen molar-refractivity contribution in [1.82, 2.24) is 20.1 Å². The molecular weight excluding hydrogens is 308 g/mol. The van der Waals surface area contributed by atoms with Gasteiger partial charge in [0.05, 0.1) is 6.61 Å². The van der Waals surface area contributed by atoms with E-state index in [0.717, 1.165) is 35.4 Å². The lowest BCUT2D eigenvalue weighted by Gasteiger charge is -2.07. The van der Waals surface area contributed by atoms with Crippen molar-refractivity contribution in [2.75, 3.05) is 25.4 Å². The van der Waals surface area contributed by atoms with Gasteiger partial charge in [-0.15, -0.1) is 10.2 Å². The Hall–Kier alpha value is -1.08. The van der Waals surface area contributed by atoms with E-state index in [1.54, 1.807) is 11.8 Å². The molecule has 0 fully saturated rings. The molecule has 0 aliphatic carbocycles. The van der Waals surface area contributed by atoms with E-state index < -0.39 is 0 Å². The van der Waals surface area contributed by atoms with E-state index in [1.165, 1.54) is 0 Å². The fourth-order valence-electron chi connectivity index (χ4n) is 1.91. The number of aromatic nitrogens is 3. The van der Waals surface area contributed by atoms with Crippen LogP contribution in [-0.4, -0.2) is 45.3 Å². The zero-order valence-corrected chi connectivity index (χ0v) is 13.5. The van der Waals surface area contributed by atoms with Gasteiger partial charge in [0, 0.05) is 36.0 Å². The molecule has 21 heavy (non-hydrogen) atoms. The van der Waals surface area contributed by atoms with Crippen molar-refractivity contribution in [3.63, 3.8) is 0 Å². The normalized spacial score (nSPS) is 11.0. The molecule has 2 rings (SSSR count). The fourth-order valence-corrected chi connectivity index (χ4v) is 2.94. The highest BCUT2D eigenvalue weighted by Gasteiger charge is 2.12. The number of rotatable bonds is 8. The van der Waals surface area contributed by atoms with Crippen LogP contribution < -0.4 is 5.32 Å². The first-order valence-electron chi connectivity index (χ1n) is 6.89. The predicted molar refractivity (Wildman–Crippen MR) is 86.8 cm³/mol. The number of thioether (sulfide) groups is 1. The summed E-state index contributed by atoms with van der Waals surface area (Å²) in [7, 11) is 0. The molecule has 0 spiro atoms. The molecule has 0 amide bonds. The smallest absolute Gasteiger partial charge is 0.191 e. The summed E-state index contributed by atoms with van der Waals surface area (Å²) in [4.78, 5) is 0. The summed E-state index contributed by atoms with van der Waals surface area (Å²) in [5, 5.41) is 22.0. The van der Waals surface area contributed by atoms with Gasteiger partial charge in [-0.1, -0.05) is 23.4 Å². The van der Waals surface area contributed by atoms with Crippen LogP contribution in [0.3, 0.4) is 0 Å². The van der Waals surface area contributed by atoms with Crippen molar-refractivity contribution in [2.45, 2.75) is 18.6 Å². The van der Waals surface area contributed by atoms with Gasteiger partial charge in [-0.05, 0) is 31.2 Å². The van der Waals surface area contributed by atoms with Crippen LogP contribution in [0, 0.1) is 0 Å². The average molecular weight is 327 g/mol. The third kappa shape index (κ3) is 4.44. The standard InChI is InChI=1S/C14H19ClN4OS/c1-2-19-13(11-3-5-12(15)6-4-11)17-18-14(19)21-10-8-16-7-9-20/h3-6,16,20H,2,7-10H2,1H3. The lowest BCUT2D eigenvalue weighted by atomic mass is 10.2. The molecule has 114 valence electrons. The molecule has 0 saturated heterocycles. The second kappa shape index (κ2) is 8.38. The number of nitrogens with zero attached hydrogens (tertiary/aromatic N) is 3. The van der Waals surface area contributed by atoms with Gasteiger partial charge in [-0.25, -0.2) is 0 Å². The first kappa shape index (κ1) is 16.3. The highest BCUT2D eigenvalue weighted by molar-refractivity contribution is 7.99. The zero-order valence-electron chi connectivity index (χ0n) is 11.9. The van der Waals surface area contributed by atoms with Crippen LogP contribution in [0.1, 0.15) is 6.92 Å². The van der Waals surface area contributed by atoms with Gasteiger partial charge in [0.15, 0.2) is 11.0 Å². The molecule has 0 atom stereocenters. The van der Waals surface area contributed by atoms with Crippen LogP contribution in [0.15, 0.2) is 29.4 Å². The maximum atomic E-state index is 8.71. The Morgan fingerprint density at radius 2 is 2.00 bits per heavy atom. The predicted octanol–water partition coefficient (Wildman–Crippen LogP) is 2.29. The van der Waals surface area contributed by atoms with E-state index in [0.29, 0.717) is 11.6 Å². The zero-order chi connectivity index (χ0) is 15.1. The molecular formula is C14H19ClN4OS. The molecule has 1 heterocycles. The van der Waals surface area contributed by atoms with E-state index in [4.69, 9.17) is 16.7 Å². The number of hydrogen-bond donors (Lipinski definition) is 2. The first-order chi connectivity index (χ1) is 10.3. The second-order valence-corrected chi connectivity index (χ2v) is 5.88. The number of benzene rings is 1. The van der Waals surface area contributed by atoms with Gasteiger partial charge in [0.2, 0.25) is 0 Å². The van der Waals surface area contributed by atoms with Gasteiger partial charge >= 0.3 is 0 Å². The number of nitrogens with one attached hydrogen (secondary N) is 1. The molecule has 0 aliphatic heterocycles. The van der Waals surface area contributed by atoms with Crippen LogP contribution in [0.4, 0.5) is 0 Å². The molecule has 7 heteroatoms. The van der Waals surface area contributed by atoms with Gasteiger partial charge in [-0.2, -0.15) is 0 Å². The van der Waals surface area contributed by atoms with Crippen molar-refractivity contribution in [3.8, 4) is 11.4 Å². The molecule has 1 aromatic heterocycles. The van der Waals surface area contributed by atoms with Crippen molar-refractivity contribution in [2.24, 2.45) is 0 Å². The van der Waals surface area contributed by atoms with E-state index >= 15 is 0 Å². The summed E-state index contributed by atoms with van der Waals surface area (Å²) in [5.74, 6) is 1.75. The number of aliphatic hydroxyl groups is 1. The summed E-state index contributed by atoms with van der Waals surface area (Å²) >= 11 is 7.58. The van der Waals surface area contributed by atoms with Crippen molar-refractivity contribution < 1.29 is 5.11 Å². The Morgan fingerprint density at radius 3 is 2.67 bits per heavy atom. The lowest BCUT2D eigenvalue weighted by Crippen LogP contribution is -2.20. The van der Waals surface area contributed by atoms with E-state index in [-0.39, 0.29) is 6.61 Å². The summed E-state index contributed by atoms with van der Waals surface area (Å²) in [6.07, 6.45) is 0. The molecule has 2 aromatic rings. The van der Waals surface area contributed by atoms with Crippen LogP contribution in [0.5, 0.6) is 0 Å². The molecule has 2 N–H and O–H groups in total. The average Bonchev–Trinajstić information content (AvgIpc) is 2.90. The first-order valence-corrected chi connectivity index (χ1v) is 8.26. The van der Waals surface area contributed by atoms with Crippen molar-refractivity contribution >= 4 is 23.4 Å². The Balaban J connectivity index is 2.05. The van der Waals surface area contributed by atoms with E-state index in [9.17, 15) is 0 Å². The van der Waals surface area contributed by atoms with Gasteiger partial charge in [0.1, 0.15) is 0 Å². The van der Waals surface area contributed by atoms with Crippen molar-refractivity contribution in [1.29, 1.82) is 0 Å². The Bertz CT molecular complexity index is 559. The second-order valence-electron chi connectivity index (χ2n) is 4.38. The largest absolute Gasteiger partial charge is 0.395 e. The summed E-state index contributed by atoms with van der Waals surface area (Å²) in [6, 6.07) is 7.62. The van der Waals surface area contributed by atoms with Crippen LogP contribution in [0.25, 0.3) is 11.4 Å². The highest BCUT2D eigenvalue weighted by Crippen LogP contribution is 2.24. The highest BCUT2D eigenvalue weighted by atomic mass is 35.5. The van der Waals surface area contributed by atoms with E-state index in [1.807, 2.05) is 24.3 Å². The van der Waals surface area contributed by atoms with Gasteiger partial charge in [0.25, 0.3) is 0 Å². The van der Waals surface area contributed by atoms with Crippen LogP contribution in [-0.2, 0) is 6.54 Å². The molecule has 0 unspecified atom stereocenters. The Kier molecular flexibility index (Phi) is 6.50. The minimum atomic E-state index is 0.163. The molecule has 1 aromatic carbocycles. The third-order valence-corrected chi connectivity index (χ3v) is 4.15. The Labute approximate surface area is 133 Å². The summed E-state index contributed by atoms with van der Waals surface area (Å²) in [5.41, 5.74) is 1.01. The molecule has 5 nitrogen and oxygen atoms in total. The molecule has 0 saturated carbocycles. The number of hydrogen-bond acceptors (Lipinski definition) is 5. The summed E-state index contributed by atoms with van der Waals surface area (Å²) in [6.45, 7) is 4.51. The van der Waals surface area contributed by atoms with Crippen molar-refractivity contribution in [3.05, 3.63) is 29.3 Å².